The highest BCUT2D eigenvalue weighted by atomic mass is 19.4. The van der Waals surface area contributed by atoms with E-state index in [1.165, 1.54) is 0 Å². The fourth-order valence-corrected chi connectivity index (χ4v) is 3.82. The Labute approximate surface area is 138 Å². The number of benzene rings is 1. The van der Waals surface area contributed by atoms with Crippen LogP contribution in [-0.4, -0.2) is 17.1 Å². The predicted octanol–water partition coefficient (Wildman–Crippen LogP) is 4.70. The number of aromatic nitrogens is 1. The van der Waals surface area contributed by atoms with E-state index in [0.717, 1.165) is 31.4 Å². The van der Waals surface area contributed by atoms with Crippen LogP contribution >= 0.6 is 0 Å². The number of alkyl halides is 3. The Bertz CT molecular complexity index is 785. The number of pyridine rings is 1. The summed E-state index contributed by atoms with van der Waals surface area (Å²) < 4.78 is 40.0. The molecule has 24 heavy (non-hydrogen) atoms. The Balaban J connectivity index is 2.17. The largest absolute Gasteiger partial charge is 0.417 e. The van der Waals surface area contributed by atoms with Crippen molar-refractivity contribution in [3.63, 3.8) is 0 Å². The minimum atomic E-state index is -4.55. The smallest absolute Gasteiger partial charge is 0.366 e. The highest BCUT2D eigenvalue weighted by molar-refractivity contribution is 5.86. The molecule has 3 nitrogen and oxygen atoms in total. The van der Waals surface area contributed by atoms with Crippen LogP contribution in [-0.2, 0) is 6.18 Å². The Morgan fingerprint density at radius 2 is 1.75 bits per heavy atom. The molecule has 1 aliphatic rings. The van der Waals surface area contributed by atoms with Crippen molar-refractivity contribution in [3.8, 4) is 0 Å². The molecule has 1 saturated heterocycles. The minimum absolute atomic E-state index is 0.0520. The van der Waals surface area contributed by atoms with Crippen LogP contribution in [0, 0.1) is 0 Å². The average Bonchev–Trinajstić information content (AvgIpc) is 2.95. The van der Waals surface area contributed by atoms with Gasteiger partial charge < -0.3 is 9.88 Å². The van der Waals surface area contributed by atoms with E-state index in [1.54, 1.807) is 12.1 Å². The summed E-state index contributed by atoms with van der Waals surface area (Å²) in [4.78, 5) is 16.3. The summed E-state index contributed by atoms with van der Waals surface area (Å²) in [6, 6.07) is 6.32. The lowest BCUT2D eigenvalue weighted by molar-refractivity contribution is -0.136. The third-order valence-corrected chi connectivity index (χ3v) is 4.99. The van der Waals surface area contributed by atoms with Gasteiger partial charge in [0.25, 0.3) is 0 Å². The zero-order valence-corrected chi connectivity index (χ0v) is 13.8. The number of hydrogen-bond acceptors (Lipinski definition) is 2. The van der Waals surface area contributed by atoms with Gasteiger partial charge in [-0.15, -0.1) is 0 Å². The van der Waals surface area contributed by atoms with E-state index in [0.29, 0.717) is 18.2 Å². The molecule has 0 radical (unpaired) electrons. The van der Waals surface area contributed by atoms with E-state index in [4.69, 9.17) is 0 Å². The first-order valence-electron chi connectivity index (χ1n) is 8.37. The molecule has 0 spiro atoms. The molecular weight excluding hydrogens is 317 g/mol. The third kappa shape index (κ3) is 2.89. The second kappa shape index (κ2) is 6.15. The average molecular weight is 338 g/mol. The summed E-state index contributed by atoms with van der Waals surface area (Å²) in [5.74, 6) is 0. The quantitative estimate of drug-likeness (QED) is 0.880. The second-order valence-electron chi connectivity index (χ2n) is 6.38. The summed E-state index contributed by atoms with van der Waals surface area (Å²) in [5, 5.41) is 0.0520. The van der Waals surface area contributed by atoms with Gasteiger partial charge in [-0.05, 0) is 43.9 Å². The lowest BCUT2D eigenvalue weighted by Crippen LogP contribution is -2.35. The maximum atomic E-state index is 13.3. The number of aromatic amines is 1. The lowest BCUT2D eigenvalue weighted by Gasteiger charge is -2.32. The SMILES string of the molecule is CC[C@H]1CC[C@H](CC)N1c1ccc2[nH]c(=O)cc(C(F)(F)F)c2c1. The topological polar surface area (TPSA) is 36.1 Å². The van der Waals surface area contributed by atoms with Crippen molar-refractivity contribution in [2.45, 2.75) is 57.8 Å². The summed E-state index contributed by atoms with van der Waals surface area (Å²) in [6.45, 7) is 4.21. The zero-order valence-electron chi connectivity index (χ0n) is 13.8. The zero-order chi connectivity index (χ0) is 17.5. The lowest BCUT2D eigenvalue weighted by atomic mass is 10.1. The van der Waals surface area contributed by atoms with E-state index in [2.05, 4.69) is 23.7 Å². The van der Waals surface area contributed by atoms with Crippen LogP contribution < -0.4 is 10.5 Å². The van der Waals surface area contributed by atoms with Crippen LogP contribution in [0.5, 0.6) is 0 Å². The molecule has 0 amide bonds. The Morgan fingerprint density at radius 1 is 1.12 bits per heavy atom. The Kier molecular flexibility index (Phi) is 4.32. The van der Waals surface area contributed by atoms with Gasteiger partial charge >= 0.3 is 6.18 Å². The summed E-state index contributed by atoms with van der Waals surface area (Å²) in [6.07, 6.45) is -0.501. The van der Waals surface area contributed by atoms with E-state index in [1.807, 2.05) is 6.07 Å². The van der Waals surface area contributed by atoms with Gasteiger partial charge in [0.2, 0.25) is 5.56 Å². The molecule has 6 heteroatoms. The van der Waals surface area contributed by atoms with Crippen LogP contribution in [0.25, 0.3) is 10.9 Å². The van der Waals surface area contributed by atoms with Crippen LogP contribution in [0.2, 0.25) is 0 Å². The molecule has 1 N–H and O–H groups in total. The van der Waals surface area contributed by atoms with Gasteiger partial charge in [-0.3, -0.25) is 4.79 Å². The molecule has 2 aromatic rings. The van der Waals surface area contributed by atoms with Crippen LogP contribution in [0.4, 0.5) is 18.9 Å². The number of nitrogens with zero attached hydrogens (tertiary/aromatic N) is 1. The highest BCUT2D eigenvalue weighted by Crippen LogP contribution is 2.38. The number of nitrogens with one attached hydrogen (secondary N) is 1. The molecule has 130 valence electrons. The number of fused-ring (bicyclic) bond motifs is 1. The number of H-pyrrole nitrogens is 1. The molecule has 0 unspecified atom stereocenters. The molecule has 0 saturated carbocycles. The summed E-state index contributed by atoms with van der Waals surface area (Å²) in [5.41, 5.74) is -0.583. The number of rotatable bonds is 3. The second-order valence-corrected chi connectivity index (χ2v) is 6.38. The molecule has 3 rings (SSSR count). The molecule has 2 heterocycles. The first kappa shape index (κ1) is 16.9. The van der Waals surface area contributed by atoms with Crippen LogP contribution in [0.15, 0.2) is 29.1 Å². The maximum absolute atomic E-state index is 13.3. The normalized spacial score (nSPS) is 21.6. The molecule has 0 bridgehead atoms. The predicted molar refractivity (Wildman–Crippen MR) is 89.4 cm³/mol. The fourth-order valence-electron chi connectivity index (χ4n) is 3.82. The van der Waals surface area contributed by atoms with E-state index < -0.39 is 17.3 Å². The molecule has 0 aliphatic carbocycles. The van der Waals surface area contributed by atoms with Crippen molar-refractivity contribution in [2.75, 3.05) is 4.90 Å². The van der Waals surface area contributed by atoms with Crippen molar-refractivity contribution in [3.05, 3.63) is 40.2 Å². The van der Waals surface area contributed by atoms with Crippen molar-refractivity contribution in [1.82, 2.24) is 4.98 Å². The van der Waals surface area contributed by atoms with Gasteiger partial charge in [-0.25, -0.2) is 0 Å². The highest BCUT2D eigenvalue weighted by Gasteiger charge is 2.35. The molecule has 1 aromatic carbocycles. The van der Waals surface area contributed by atoms with Gasteiger partial charge in [-0.2, -0.15) is 13.2 Å². The summed E-state index contributed by atoms with van der Waals surface area (Å²) in [7, 11) is 0. The maximum Gasteiger partial charge on any atom is 0.417 e. The number of anilines is 1. The molecule has 1 aliphatic heterocycles. The van der Waals surface area contributed by atoms with Crippen molar-refractivity contribution in [2.24, 2.45) is 0 Å². The minimum Gasteiger partial charge on any atom is -0.366 e. The molecular formula is C18H21F3N2O. The Morgan fingerprint density at radius 3 is 2.29 bits per heavy atom. The molecule has 1 fully saturated rings. The molecule has 2 atom stereocenters. The fraction of sp³-hybridized carbons (Fsp3) is 0.500. The van der Waals surface area contributed by atoms with Gasteiger partial charge in [0.15, 0.2) is 0 Å². The van der Waals surface area contributed by atoms with Crippen LogP contribution in [0.1, 0.15) is 45.1 Å². The van der Waals surface area contributed by atoms with E-state index >= 15 is 0 Å². The Hall–Kier alpha value is -1.98. The van der Waals surface area contributed by atoms with Crippen molar-refractivity contribution >= 4 is 16.6 Å². The van der Waals surface area contributed by atoms with E-state index in [-0.39, 0.29) is 10.9 Å². The standard InChI is InChI=1S/C18H21F3N2O/c1-3-11-5-6-12(4-2)23(11)13-7-8-16-14(9-13)15(18(19,20)21)10-17(24)22-16/h7-12H,3-6H2,1-2H3,(H,22,24)/t11-,12-/m0/s1. The monoisotopic (exact) mass is 338 g/mol. The van der Waals surface area contributed by atoms with E-state index in [9.17, 15) is 18.0 Å². The first-order valence-corrected chi connectivity index (χ1v) is 8.37. The van der Waals surface area contributed by atoms with Crippen molar-refractivity contribution in [1.29, 1.82) is 0 Å². The number of hydrogen-bond donors (Lipinski definition) is 1. The third-order valence-electron chi connectivity index (χ3n) is 4.99. The number of halogens is 3. The van der Waals surface area contributed by atoms with Gasteiger partial charge in [0.1, 0.15) is 0 Å². The first-order chi connectivity index (χ1) is 11.3. The van der Waals surface area contributed by atoms with Crippen molar-refractivity contribution < 1.29 is 13.2 Å². The summed E-state index contributed by atoms with van der Waals surface area (Å²) >= 11 is 0. The van der Waals surface area contributed by atoms with Gasteiger partial charge in [-0.1, -0.05) is 13.8 Å². The van der Waals surface area contributed by atoms with Gasteiger partial charge in [0.05, 0.1) is 5.56 Å². The van der Waals surface area contributed by atoms with Gasteiger partial charge in [0, 0.05) is 34.7 Å². The van der Waals surface area contributed by atoms with Crippen LogP contribution in [0.3, 0.4) is 0 Å². The molecule has 1 aromatic heterocycles.